The maximum absolute atomic E-state index is 3.66. The van der Waals surface area contributed by atoms with Gasteiger partial charge in [-0.05, 0) is 55.3 Å². The lowest BCUT2D eigenvalue weighted by Gasteiger charge is -2.57. The Labute approximate surface area is 138 Å². The van der Waals surface area contributed by atoms with Crippen LogP contribution in [0.4, 0.5) is 0 Å². The normalized spacial score (nSPS) is 23.5. The van der Waals surface area contributed by atoms with E-state index in [1.165, 1.54) is 61.4 Å². The lowest BCUT2D eigenvalue weighted by Crippen LogP contribution is -2.54. The molecule has 3 rings (SSSR count). The minimum Gasteiger partial charge on any atom is -0.316 e. The molecule has 0 unspecified atom stereocenters. The molecule has 2 fully saturated rings. The van der Waals surface area contributed by atoms with Gasteiger partial charge in [-0.2, -0.15) is 0 Å². The standard InChI is InChI=1S/C19H28BrN/c1-2-21-15-19(16-8-7-9-17(20)12-16)13-18(14-19)10-5-3-4-6-11-18/h7-9,12,21H,2-6,10-11,13-15H2,1H3. The molecular formula is C19H28BrN. The van der Waals surface area contributed by atoms with Gasteiger partial charge in [0.1, 0.15) is 0 Å². The van der Waals surface area contributed by atoms with Crippen LogP contribution in [0.2, 0.25) is 0 Å². The van der Waals surface area contributed by atoms with E-state index in [4.69, 9.17) is 0 Å². The minimum absolute atomic E-state index is 0.379. The van der Waals surface area contributed by atoms with Gasteiger partial charge in [-0.15, -0.1) is 0 Å². The minimum atomic E-state index is 0.379. The Hall–Kier alpha value is -0.340. The van der Waals surface area contributed by atoms with Gasteiger partial charge in [0, 0.05) is 16.4 Å². The molecule has 1 spiro atoms. The van der Waals surface area contributed by atoms with E-state index in [-0.39, 0.29) is 0 Å². The van der Waals surface area contributed by atoms with Gasteiger partial charge in [0.05, 0.1) is 0 Å². The first-order chi connectivity index (χ1) is 10.2. The van der Waals surface area contributed by atoms with Gasteiger partial charge in [0.2, 0.25) is 0 Å². The summed E-state index contributed by atoms with van der Waals surface area (Å²) in [5.74, 6) is 0. The molecule has 1 nitrogen and oxygen atoms in total. The second kappa shape index (κ2) is 6.42. The number of rotatable bonds is 4. The molecule has 2 saturated carbocycles. The molecule has 2 heteroatoms. The third-order valence-corrected chi connectivity index (χ3v) is 6.23. The van der Waals surface area contributed by atoms with Crippen LogP contribution in [0.1, 0.15) is 63.9 Å². The first-order valence-corrected chi connectivity index (χ1v) is 9.44. The van der Waals surface area contributed by atoms with E-state index in [0.717, 1.165) is 13.1 Å². The molecular weight excluding hydrogens is 322 g/mol. The Morgan fingerprint density at radius 3 is 2.43 bits per heavy atom. The molecule has 2 aliphatic rings. The van der Waals surface area contributed by atoms with Crippen molar-refractivity contribution in [3.05, 3.63) is 34.3 Å². The molecule has 0 radical (unpaired) electrons. The smallest absolute Gasteiger partial charge is 0.0178 e. The van der Waals surface area contributed by atoms with Crippen molar-refractivity contribution >= 4 is 15.9 Å². The summed E-state index contributed by atoms with van der Waals surface area (Å²) in [6.07, 6.45) is 11.5. The van der Waals surface area contributed by atoms with Gasteiger partial charge in [-0.1, -0.05) is 60.7 Å². The van der Waals surface area contributed by atoms with Crippen LogP contribution in [-0.2, 0) is 5.41 Å². The van der Waals surface area contributed by atoms with Crippen molar-refractivity contribution in [1.29, 1.82) is 0 Å². The van der Waals surface area contributed by atoms with Gasteiger partial charge in [0.15, 0.2) is 0 Å². The van der Waals surface area contributed by atoms with Crippen LogP contribution in [0, 0.1) is 5.41 Å². The third kappa shape index (κ3) is 3.22. The van der Waals surface area contributed by atoms with E-state index in [9.17, 15) is 0 Å². The number of likely N-dealkylation sites (N-methyl/N-ethyl adjacent to an activating group) is 1. The second-order valence-corrected chi connectivity index (χ2v) is 8.25. The van der Waals surface area contributed by atoms with Crippen molar-refractivity contribution in [1.82, 2.24) is 5.32 Å². The van der Waals surface area contributed by atoms with Gasteiger partial charge in [0.25, 0.3) is 0 Å². The molecule has 0 saturated heterocycles. The average Bonchev–Trinajstić information content (AvgIpc) is 2.69. The molecule has 0 aliphatic heterocycles. The largest absolute Gasteiger partial charge is 0.316 e. The lowest BCUT2D eigenvalue weighted by atomic mass is 9.48. The maximum Gasteiger partial charge on any atom is 0.0178 e. The van der Waals surface area contributed by atoms with E-state index in [1.807, 2.05) is 0 Å². The summed E-state index contributed by atoms with van der Waals surface area (Å²) < 4.78 is 1.22. The van der Waals surface area contributed by atoms with Crippen LogP contribution >= 0.6 is 15.9 Å². The molecule has 116 valence electrons. The van der Waals surface area contributed by atoms with Crippen molar-refractivity contribution in [2.45, 2.75) is 63.7 Å². The van der Waals surface area contributed by atoms with Crippen LogP contribution < -0.4 is 5.32 Å². The van der Waals surface area contributed by atoms with Gasteiger partial charge < -0.3 is 5.32 Å². The van der Waals surface area contributed by atoms with Gasteiger partial charge >= 0.3 is 0 Å². The predicted octanol–water partition coefficient (Wildman–Crippen LogP) is 5.43. The molecule has 1 N–H and O–H groups in total. The van der Waals surface area contributed by atoms with E-state index < -0.39 is 0 Å². The number of hydrogen-bond acceptors (Lipinski definition) is 1. The predicted molar refractivity (Wildman–Crippen MR) is 93.7 cm³/mol. The summed E-state index contributed by atoms with van der Waals surface area (Å²) in [5.41, 5.74) is 2.57. The first-order valence-electron chi connectivity index (χ1n) is 8.65. The van der Waals surface area contributed by atoms with Crippen molar-refractivity contribution in [2.24, 2.45) is 5.41 Å². The monoisotopic (exact) mass is 349 g/mol. The summed E-state index contributed by atoms with van der Waals surface area (Å²) >= 11 is 3.66. The van der Waals surface area contributed by atoms with Crippen molar-refractivity contribution in [2.75, 3.05) is 13.1 Å². The molecule has 1 aromatic rings. The first kappa shape index (κ1) is 15.6. The Balaban J connectivity index is 1.80. The molecule has 0 atom stereocenters. The van der Waals surface area contributed by atoms with Crippen molar-refractivity contribution in [3.8, 4) is 0 Å². The Kier molecular flexibility index (Phi) is 4.75. The van der Waals surface area contributed by atoms with Crippen LogP contribution in [0.3, 0.4) is 0 Å². The summed E-state index contributed by atoms with van der Waals surface area (Å²) in [5, 5.41) is 3.63. The molecule has 0 amide bonds. The molecule has 0 aromatic heterocycles. The van der Waals surface area contributed by atoms with Gasteiger partial charge in [-0.3, -0.25) is 0 Å². The third-order valence-electron chi connectivity index (χ3n) is 5.74. The molecule has 1 aromatic carbocycles. The number of nitrogens with one attached hydrogen (secondary N) is 1. The van der Waals surface area contributed by atoms with E-state index in [1.54, 1.807) is 0 Å². The highest BCUT2D eigenvalue weighted by Gasteiger charge is 2.54. The summed E-state index contributed by atoms with van der Waals surface area (Å²) in [6.45, 7) is 4.43. The highest BCUT2D eigenvalue weighted by Crippen LogP contribution is 2.61. The zero-order valence-corrected chi connectivity index (χ0v) is 14.8. The van der Waals surface area contributed by atoms with Crippen LogP contribution in [0.5, 0.6) is 0 Å². The molecule has 0 heterocycles. The molecule has 0 bridgehead atoms. The van der Waals surface area contributed by atoms with Crippen LogP contribution in [0.25, 0.3) is 0 Å². The number of hydrogen-bond donors (Lipinski definition) is 1. The van der Waals surface area contributed by atoms with Crippen molar-refractivity contribution < 1.29 is 0 Å². The zero-order chi connectivity index (χ0) is 14.8. The van der Waals surface area contributed by atoms with Crippen molar-refractivity contribution in [3.63, 3.8) is 0 Å². The SMILES string of the molecule is CCNCC1(c2cccc(Br)c2)CC2(CCCCCC2)C1. The van der Waals surface area contributed by atoms with Crippen LogP contribution in [0.15, 0.2) is 28.7 Å². The highest BCUT2D eigenvalue weighted by atomic mass is 79.9. The Bertz CT molecular complexity index is 466. The molecule has 21 heavy (non-hydrogen) atoms. The fourth-order valence-electron chi connectivity index (χ4n) is 4.83. The van der Waals surface area contributed by atoms with E-state index in [2.05, 4.69) is 52.4 Å². The summed E-state index contributed by atoms with van der Waals surface area (Å²) in [7, 11) is 0. The fraction of sp³-hybridized carbons (Fsp3) is 0.684. The summed E-state index contributed by atoms with van der Waals surface area (Å²) in [4.78, 5) is 0. The Morgan fingerprint density at radius 1 is 1.10 bits per heavy atom. The molecule has 2 aliphatic carbocycles. The van der Waals surface area contributed by atoms with E-state index in [0.29, 0.717) is 10.8 Å². The summed E-state index contributed by atoms with van der Waals surface area (Å²) in [6, 6.07) is 9.03. The lowest BCUT2D eigenvalue weighted by molar-refractivity contribution is 0.00640. The topological polar surface area (TPSA) is 12.0 Å². The van der Waals surface area contributed by atoms with E-state index >= 15 is 0 Å². The fourth-order valence-corrected chi connectivity index (χ4v) is 5.23. The second-order valence-electron chi connectivity index (χ2n) is 7.34. The Morgan fingerprint density at radius 2 is 1.81 bits per heavy atom. The van der Waals surface area contributed by atoms with Crippen LogP contribution in [-0.4, -0.2) is 13.1 Å². The number of benzene rings is 1. The maximum atomic E-state index is 3.66. The number of halogens is 1. The van der Waals surface area contributed by atoms with Gasteiger partial charge in [-0.25, -0.2) is 0 Å². The zero-order valence-electron chi connectivity index (χ0n) is 13.3. The highest BCUT2D eigenvalue weighted by molar-refractivity contribution is 9.10. The average molecular weight is 350 g/mol. The quantitative estimate of drug-likeness (QED) is 0.763.